The molecule has 2 aromatic rings. The molecule has 1 fully saturated rings. The highest BCUT2D eigenvalue weighted by Gasteiger charge is 2.34. The van der Waals surface area contributed by atoms with Crippen molar-refractivity contribution in [3.05, 3.63) is 65.5 Å². The Bertz CT molecular complexity index is 1060. The highest BCUT2D eigenvalue weighted by Crippen LogP contribution is 2.25. The van der Waals surface area contributed by atoms with Crippen LogP contribution in [0, 0.1) is 23.4 Å². The van der Waals surface area contributed by atoms with Crippen LogP contribution < -0.4 is 0 Å². The maximum absolute atomic E-state index is 13.6. The molecule has 2 aromatic carbocycles. The van der Waals surface area contributed by atoms with Crippen LogP contribution in [0.1, 0.15) is 23.2 Å². The maximum atomic E-state index is 13.6. The number of hydrogen-bond acceptors (Lipinski definition) is 5. The zero-order chi connectivity index (χ0) is 21.9. The number of Topliss-reactive ketones (excluding diaryl/α,β-unsaturated/α-hetero) is 1. The Labute approximate surface area is 171 Å². The summed E-state index contributed by atoms with van der Waals surface area (Å²) in [4.78, 5) is 24.2. The fraction of sp³-hybridized carbons (Fsp3) is 0.300. The Morgan fingerprint density at radius 1 is 1.03 bits per heavy atom. The molecule has 10 heteroatoms. The molecule has 0 N–H and O–H groups in total. The standard InChI is InChI=1S/C20H18F3NO5S/c21-14-3-6-16(7-4-14)30(27,28)24-9-1-2-13(11-24)20(26)29-12-19(25)17-10-15(22)5-8-18(17)23/h3-8,10,13H,1-2,9,11-12H2. The number of ketones is 1. The molecule has 0 radical (unpaired) electrons. The molecule has 3 rings (SSSR count). The molecule has 1 unspecified atom stereocenters. The molecule has 6 nitrogen and oxygen atoms in total. The first-order valence-electron chi connectivity index (χ1n) is 9.09. The topological polar surface area (TPSA) is 80.8 Å². The second-order valence-electron chi connectivity index (χ2n) is 6.81. The third kappa shape index (κ3) is 4.88. The number of halogens is 3. The van der Waals surface area contributed by atoms with Gasteiger partial charge in [-0.15, -0.1) is 0 Å². The predicted molar refractivity (Wildman–Crippen MR) is 99.5 cm³/mol. The Balaban J connectivity index is 1.63. The van der Waals surface area contributed by atoms with Gasteiger partial charge in [0, 0.05) is 13.1 Å². The van der Waals surface area contributed by atoms with E-state index in [4.69, 9.17) is 4.74 Å². The summed E-state index contributed by atoms with van der Waals surface area (Å²) in [7, 11) is -3.93. The summed E-state index contributed by atoms with van der Waals surface area (Å²) in [6.45, 7) is -0.779. The summed E-state index contributed by atoms with van der Waals surface area (Å²) in [5, 5.41) is 0. The number of carbonyl (C=O) groups excluding carboxylic acids is 2. The van der Waals surface area contributed by atoms with Gasteiger partial charge in [0.25, 0.3) is 0 Å². The van der Waals surface area contributed by atoms with Gasteiger partial charge in [-0.3, -0.25) is 9.59 Å². The molecule has 0 saturated carbocycles. The Morgan fingerprint density at radius 2 is 1.70 bits per heavy atom. The molecule has 1 aliphatic rings. The van der Waals surface area contributed by atoms with Gasteiger partial charge in [0.15, 0.2) is 6.61 Å². The first kappa shape index (κ1) is 22.0. The highest BCUT2D eigenvalue weighted by molar-refractivity contribution is 7.89. The van der Waals surface area contributed by atoms with E-state index in [2.05, 4.69) is 0 Å². The lowest BCUT2D eigenvalue weighted by atomic mass is 10.00. The number of hydrogen-bond donors (Lipinski definition) is 0. The number of nitrogens with zero attached hydrogens (tertiary/aromatic N) is 1. The minimum atomic E-state index is -3.93. The summed E-state index contributed by atoms with van der Waals surface area (Å²) in [5.74, 6) is -4.86. The number of esters is 1. The van der Waals surface area contributed by atoms with E-state index in [1.54, 1.807) is 0 Å². The van der Waals surface area contributed by atoms with E-state index < -0.39 is 57.3 Å². The van der Waals surface area contributed by atoms with Crippen LogP contribution in [0.4, 0.5) is 13.2 Å². The van der Waals surface area contributed by atoms with Crippen LogP contribution in [-0.2, 0) is 19.6 Å². The largest absolute Gasteiger partial charge is 0.457 e. The molecule has 0 aromatic heterocycles. The van der Waals surface area contributed by atoms with Crippen LogP contribution in [0.15, 0.2) is 47.4 Å². The quantitative estimate of drug-likeness (QED) is 0.509. The zero-order valence-electron chi connectivity index (χ0n) is 15.7. The smallest absolute Gasteiger partial charge is 0.310 e. The van der Waals surface area contributed by atoms with E-state index in [1.807, 2.05) is 0 Å². The Kier molecular flexibility index (Phi) is 6.57. The van der Waals surface area contributed by atoms with Gasteiger partial charge in [0.1, 0.15) is 17.5 Å². The van der Waals surface area contributed by atoms with Crippen molar-refractivity contribution in [1.82, 2.24) is 4.31 Å². The fourth-order valence-electron chi connectivity index (χ4n) is 3.15. The van der Waals surface area contributed by atoms with Gasteiger partial charge in [-0.05, 0) is 55.3 Å². The Hall–Kier alpha value is -2.72. The van der Waals surface area contributed by atoms with Crippen molar-refractivity contribution in [2.75, 3.05) is 19.7 Å². The van der Waals surface area contributed by atoms with Crippen LogP contribution >= 0.6 is 0 Å². The van der Waals surface area contributed by atoms with Gasteiger partial charge in [-0.25, -0.2) is 21.6 Å². The fourth-order valence-corrected chi connectivity index (χ4v) is 4.68. The number of carbonyl (C=O) groups is 2. The van der Waals surface area contributed by atoms with Gasteiger partial charge in [-0.1, -0.05) is 0 Å². The number of piperidine rings is 1. The van der Waals surface area contributed by atoms with Gasteiger partial charge < -0.3 is 4.74 Å². The lowest BCUT2D eigenvalue weighted by Gasteiger charge is -2.30. The third-order valence-corrected chi connectivity index (χ3v) is 6.62. The summed E-state index contributed by atoms with van der Waals surface area (Å²) >= 11 is 0. The number of ether oxygens (including phenoxy) is 1. The predicted octanol–water partition coefficient (Wildman–Crippen LogP) is 2.93. The van der Waals surface area contributed by atoms with Crippen LogP contribution in [0.25, 0.3) is 0 Å². The van der Waals surface area contributed by atoms with E-state index in [0.717, 1.165) is 40.7 Å². The van der Waals surface area contributed by atoms with Gasteiger partial charge >= 0.3 is 5.97 Å². The summed E-state index contributed by atoms with van der Waals surface area (Å²) in [6, 6.07) is 6.69. The van der Waals surface area contributed by atoms with Gasteiger partial charge in [0.2, 0.25) is 15.8 Å². The molecule has 0 spiro atoms. The average Bonchev–Trinajstić information content (AvgIpc) is 2.74. The van der Waals surface area contributed by atoms with E-state index >= 15 is 0 Å². The van der Waals surface area contributed by atoms with Gasteiger partial charge in [-0.2, -0.15) is 4.31 Å². The molecule has 1 atom stereocenters. The van der Waals surface area contributed by atoms with E-state index in [-0.39, 0.29) is 18.0 Å². The van der Waals surface area contributed by atoms with Crippen molar-refractivity contribution < 1.29 is 35.9 Å². The Morgan fingerprint density at radius 3 is 2.40 bits per heavy atom. The van der Waals surface area contributed by atoms with Crippen molar-refractivity contribution in [1.29, 1.82) is 0 Å². The normalized spacial score (nSPS) is 17.5. The monoisotopic (exact) mass is 441 g/mol. The minimum Gasteiger partial charge on any atom is -0.457 e. The van der Waals surface area contributed by atoms with Crippen molar-refractivity contribution in [2.45, 2.75) is 17.7 Å². The lowest BCUT2D eigenvalue weighted by molar-refractivity contribution is -0.148. The molecule has 0 amide bonds. The highest BCUT2D eigenvalue weighted by atomic mass is 32.2. The maximum Gasteiger partial charge on any atom is 0.310 e. The summed E-state index contributed by atoms with van der Waals surface area (Å²) in [6.07, 6.45) is 0.726. The minimum absolute atomic E-state index is 0.102. The van der Waals surface area contributed by atoms with E-state index in [9.17, 15) is 31.2 Å². The molecular weight excluding hydrogens is 423 g/mol. The lowest BCUT2D eigenvalue weighted by Crippen LogP contribution is -2.43. The average molecular weight is 441 g/mol. The SMILES string of the molecule is O=C(COC(=O)C1CCCN(S(=O)(=O)c2ccc(F)cc2)C1)c1cc(F)ccc1F. The van der Waals surface area contributed by atoms with Crippen LogP contribution in [-0.4, -0.2) is 44.2 Å². The molecule has 1 saturated heterocycles. The molecule has 0 bridgehead atoms. The molecule has 0 aliphatic carbocycles. The van der Waals surface area contributed by atoms with Crippen molar-refractivity contribution >= 4 is 21.8 Å². The van der Waals surface area contributed by atoms with Crippen LogP contribution in [0.5, 0.6) is 0 Å². The molecule has 160 valence electrons. The van der Waals surface area contributed by atoms with Gasteiger partial charge in [0.05, 0.1) is 16.4 Å². The third-order valence-electron chi connectivity index (χ3n) is 4.74. The van der Waals surface area contributed by atoms with Crippen LogP contribution in [0.3, 0.4) is 0 Å². The van der Waals surface area contributed by atoms with E-state index in [0.29, 0.717) is 18.9 Å². The first-order valence-corrected chi connectivity index (χ1v) is 10.5. The van der Waals surface area contributed by atoms with Crippen molar-refractivity contribution in [3.8, 4) is 0 Å². The summed E-state index contributed by atoms with van der Waals surface area (Å²) < 4.78 is 71.4. The molecule has 30 heavy (non-hydrogen) atoms. The molecular formula is C20H18F3NO5S. The first-order chi connectivity index (χ1) is 14.2. The molecule has 1 heterocycles. The summed E-state index contributed by atoms with van der Waals surface area (Å²) in [5.41, 5.74) is -0.535. The second-order valence-corrected chi connectivity index (χ2v) is 8.75. The van der Waals surface area contributed by atoms with Crippen LogP contribution in [0.2, 0.25) is 0 Å². The van der Waals surface area contributed by atoms with E-state index in [1.165, 1.54) is 0 Å². The van der Waals surface area contributed by atoms with Crippen molar-refractivity contribution in [2.24, 2.45) is 5.92 Å². The number of sulfonamides is 1. The number of benzene rings is 2. The molecule has 1 aliphatic heterocycles. The second kappa shape index (κ2) is 8.97. The number of rotatable bonds is 6. The zero-order valence-corrected chi connectivity index (χ0v) is 16.5. The van der Waals surface area contributed by atoms with Crippen molar-refractivity contribution in [3.63, 3.8) is 0 Å².